The highest BCUT2D eigenvalue weighted by atomic mass is 35.5. The van der Waals surface area contributed by atoms with Gasteiger partial charge in [-0.3, -0.25) is 0 Å². The monoisotopic (exact) mass is 440 g/mol. The van der Waals surface area contributed by atoms with Crippen molar-refractivity contribution in [3.05, 3.63) is 65.4 Å². The van der Waals surface area contributed by atoms with Gasteiger partial charge in [0.25, 0.3) is 0 Å². The van der Waals surface area contributed by atoms with Gasteiger partial charge in [-0.1, -0.05) is 29.8 Å². The summed E-state index contributed by atoms with van der Waals surface area (Å²) < 4.78 is 13.8. The van der Waals surface area contributed by atoms with Crippen LogP contribution in [0.3, 0.4) is 0 Å². The summed E-state index contributed by atoms with van der Waals surface area (Å²) in [6.07, 6.45) is 0. The Kier molecular flexibility index (Phi) is 6.29. The normalized spacial score (nSPS) is 14.4. The maximum absolute atomic E-state index is 13.8. The van der Waals surface area contributed by atoms with E-state index in [1.54, 1.807) is 12.1 Å². The van der Waals surface area contributed by atoms with Crippen LogP contribution in [-0.4, -0.2) is 54.4 Å². The van der Waals surface area contributed by atoms with E-state index in [0.717, 1.165) is 43.3 Å². The highest BCUT2D eigenvalue weighted by molar-refractivity contribution is 6.33. The van der Waals surface area contributed by atoms with Crippen molar-refractivity contribution in [2.24, 2.45) is 0 Å². The van der Waals surface area contributed by atoms with Crippen LogP contribution < -0.4 is 15.5 Å². The molecule has 1 aliphatic heterocycles. The minimum absolute atomic E-state index is 0.0611. The molecule has 9 heteroatoms. The van der Waals surface area contributed by atoms with Gasteiger partial charge in [0.1, 0.15) is 5.82 Å². The fourth-order valence-electron chi connectivity index (χ4n) is 3.30. The first-order valence-corrected chi connectivity index (χ1v) is 10.3. The molecular formula is C22H22ClFN6O. The lowest BCUT2D eigenvalue weighted by atomic mass is 10.1. The van der Waals surface area contributed by atoms with Crippen LogP contribution in [-0.2, 0) is 0 Å². The zero-order valence-corrected chi connectivity index (χ0v) is 17.7. The quantitative estimate of drug-likeness (QED) is 0.631. The fraction of sp³-hybridized carbons (Fsp3) is 0.227. The topological polar surface area (TPSA) is 73.4 Å². The molecule has 1 saturated heterocycles. The van der Waals surface area contributed by atoms with Gasteiger partial charge in [0.15, 0.2) is 5.82 Å². The Morgan fingerprint density at radius 2 is 1.71 bits per heavy atom. The molecule has 0 saturated carbocycles. The molecule has 2 heterocycles. The summed E-state index contributed by atoms with van der Waals surface area (Å²) in [5, 5.41) is 13.9. The Hall–Kier alpha value is -3.23. The molecule has 31 heavy (non-hydrogen) atoms. The van der Waals surface area contributed by atoms with Crippen LogP contribution in [0.15, 0.2) is 54.6 Å². The van der Waals surface area contributed by atoms with E-state index in [4.69, 9.17) is 11.6 Å². The molecule has 2 aromatic carbocycles. The minimum Gasteiger partial charge on any atom is -0.353 e. The van der Waals surface area contributed by atoms with E-state index in [0.29, 0.717) is 5.69 Å². The lowest BCUT2D eigenvalue weighted by Gasteiger charge is -2.32. The molecular weight excluding hydrogens is 419 g/mol. The summed E-state index contributed by atoms with van der Waals surface area (Å²) in [5.41, 5.74) is 2.11. The molecule has 3 aromatic rings. The summed E-state index contributed by atoms with van der Waals surface area (Å²) >= 11 is 5.93. The van der Waals surface area contributed by atoms with Gasteiger partial charge in [-0.15, -0.1) is 10.2 Å². The first-order chi connectivity index (χ1) is 15.0. The lowest BCUT2D eigenvalue weighted by molar-refractivity contribution is 0.262. The number of anilines is 3. The number of hydrogen-bond donors (Lipinski definition) is 2. The van der Waals surface area contributed by atoms with Crippen molar-refractivity contribution >= 4 is 34.8 Å². The number of halogens is 2. The summed E-state index contributed by atoms with van der Waals surface area (Å²) in [7, 11) is 2.11. The van der Waals surface area contributed by atoms with Crippen LogP contribution in [0.2, 0.25) is 5.02 Å². The predicted molar refractivity (Wildman–Crippen MR) is 121 cm³/mol. The van der Waals surface area contributed by atoms with E-state index >= 15 is 0 Å². The molecule has 1 fully saturated rings. The number of carbonyl (C=O) groups excluding carboxylic acids is 1. The number of rotatable bonds is 4. The number of urea groups is 1. The van der Waals surface area contributed by atoms with E-state index in [1.165, 1.54) is 18.2 Å². The van der Waals surface area contributed by atoms with Gasteiger partial charge in [0, 0.05) is 37.4 Å². The third-order valence-electron chi connectivity index (χ3n) is 5.12. The number of piperazine rings is 1. The lowest BCUT2D eigenvalue weighted by Crippen LogP contribution is -2.44. The molecule has 2 N–H and O–H groups in total. The number of para-hydroxylation sites is 1. The molecule has 0 aliphatic carbocycles. The Balaban J connectivity index is 1.38. The van der Waals surface area contributed by atoms with Crippen LogP contribution in [0.5, 0.6) is 0 Å². The summed E-state index contributed by atoms with van der Waals surface area (Å²) in [5.74, 6) is 0.273. The Labute approximate surface area is 184 Å². The second kappa shape index (κ2) is 9.28. The van der Waals surface area contributed by atoms with Crippen molar-refractivity contribution in [1.29, 1.82) is 0 Å². The number of aromatic nitrogens is 2. The van der Waals surface area contributed by atoms with E-state index in [2.05, 4.69) is 37.7 Å². The number of carbonyl (C=O) groups is 1. The first kappa shape index (κ1) is 21.0. The second-order valence-electron chi connectivity index (χ2n) is 7.32. The number of hydrogen-bond acceptors (Lipinski definition) is 5. The predicted octanol–water partition coefficient (Wildman–Crippen LogP) is 4.33. The average Bonchev–Trinajstić information content (AvgIpc) is 2.78. The van der Waals surface area contributed by atoms with Crippen LogP contribution in [0.1, 0.15) is 0 Å². The van der Waals surface area contributed by atoms with Gasteiger partial charge >= 0.3 is 6.03 Å². The zero-order valence-electron chi connectivity index (χ0n) is 17.0. The SMILES string of the molecule is CN1CCN(c2ccc(-c3ccc(NC(=O)Nc4c(F)cccc4Cl)cc3)nn2)CC1. The van der Waals surface area contributed by atoms with Gasteiger partial charge in [-0.25, -0.2) is 9.18 Å². The van der Waals surface area contributed by atoms with Crippen LogP contribution in [0.4, 0.5) is 26.4 Å². The van der Waals surface area contributed by atoms with Gasteiger partial charge in [0.2, 0.25) is 0 Å². The van der Waals surface area contributed by atoms with Crippen molar-refractivity contribution in [3.8, 4) is 11.3 Å². The van der Waals surface area contributed by atoms with E-state index in [-0.39, 0.29) is 10.7 Å². The third kappa shape index (κ3) is 5.10. The van der Waals surface area contributed by atoms with E-state index < -0.39 is 11.8 Å². The van der Waals surface area contributed by atoms with E-state index in [9.17, 15) is 9.18 Å². The summed E-state index contributed by atoms with van der Waals surface area (Å²) in [6, 6.07) is 14.7. The summed E-state index contributed by atoms with van der Waals surface area (Å²) in [4.78, 5) is 16.7. The molecule has 1 aliphatic rings. The molecule has 0 atom stereocenters. The first-order valence-electron chi connectivity index (χ1n) is 9.89. The number of nitrogens with zero attached hydrogens (tertiary/aromatic N) is 4. The van der Waals surface area contributed by atoms with Crippen molar-refractivity contribution in [1.82, 2.24) is 15.1 Å². The van der Waals surface area contributed by atoms with Crippen molar-refractivity contribution < 1.29 is 9.18 Å². The second-order valence-corrected chi connectivity index (χ2v) is 7.73. The molecule has 0 bridgehead atoms. The minimum atomic E-state index is -0.600. The van der Waals surface area contributed by atoms with Crippen molar-refractivity contribution in [3.63, 3.8) is 0 Å². The van der Waals surface area contributed by atoms with Crippen molar-refractivity contribution in [2.75, 3.05) is 48.8 Å². The largest absolute Gasteiger partial charge is 0.353 e. The Bertz CT molecular complexity index is 1030. The van der Waals surface area contributed by atoms with Crippen molar-refractivity contribution in [2.45, 2.75) is 0 Å². The molecule has 0 radical (unpaired) electrons. The molecule has 0 spiro atoms. The van der Waals surface area contributed by atoms with Crippen LogP contribution >= 0.6 is 11.6 Å². The number of likely N-dealkylation sites (N-methyl/N-ethyl adjacent to an activating group) is 1. The number of nitrogens with one attached hydrogen (secondary N) is 2. The number of amides is 2. The fourth-order valence-corrected chi connectivity index (χ4v) is 3.51. The molecule has 2 amide bonds. The van der Waals surface area contributed by atoms with Gasteiger partial charge in [-0.05, 0) is 43.4 Å². The Morgan fingerprint density at radius 3 is 2.35 bits per heavy atom. The number of benzene rings is 2. The maximum atomic E-state index is 13.8. The highest BCUT2D eigenvalue weighted by Crippen LogP contribution is 2.25. The molecule has 7 nitrogen and oxygen atoms in total. The molecule has 160 valence electrons. The Morgan fingerprint density at radius 1 is 0.968 bits per heavy atom. The van der Waals surface area contributed by atoms with Gasteiger partial charge in [0.05, 0.1) is 16.4 Å². The van der Waals surface area contributed by atoms with E-state index in [1.807, 2.05) is 24.3 Å². The molecule has 1 aromatic heterocycles. The smallest absolute Gasteiger partial charge is 0.323 e. The van der Waals surface area contributed by atoms with Crippen LogP contribution in [0, 0.1) is 5.82 Å². The highest BCUT2D eigenvalue weighted by Gasteiger charge is 2.16. The average molecular weight is 441 g/mol. The third-order valence-corrected chi connectivity index (χ3v) is 5.43. The zero-order chi connectivity index (χ0) is 21.8. The standard InChI is InChI=1S/C22H22ClFN6O/c1-29-11-13-30(14-12-29)20-10-9-19(27-28-20)15-5-7-16(8-6-15)25-22(31)26-21-17(23)3-2-4-18(21)24/h2-10H,11-14H2,1H3,(H2,25,26,31). The van der Waals surface area contributed by atoms with Gasteiger partial charge in [-0.2, -0.15) is 0 Å². The maximum Gasteiger partial charge on any atom is 0.323 e. The molecule has 0 unspecified atom stereocenters. The van der Waals surface area contributed by atoms with Crippen LogP contribution in [0.25, 0.3) is 11.3 Å². The van der Waals surface area contributed by atoms with Gasteiger partial charge < -0.3 is 20.4 Å². The molecule has 4 rings (SSSR count). The summed E-state index contributed by atoms with van der Waals surface area (Å²) in [6.45, 7) is 3.89.